The molecule has 0 heterocycles. The van der Waals surface area contributed by atoms with Crippen LogP contribution < -0.4 is 10.2 Å². The number of benzene rings is 1. The van der Waals surface area contributed by atoms with E-state index in [1.165, 1.54) is 24.2 Å². The molecule has 0 aliphatic heterocycles. The SMILES string of the molecule is CN(C)c1ccc(Br)cc1NC1CC2CC=CC21. The second-order valence-corrected chi connectivity index (χ2v) is 6.46. The standard InChI is InChI=1S/C15H19BrN2/c1-18(2)15-7-6-11(16)9-14(15)17-13-8-10-4-3-5-12(10)13/h3,5-7,9-10,12-13,17H,4,8H2,1-2H3. The number of fused-ring (bicyclic) bond motifs is 1. The lowest BCUT2D eigenvalue weighted by atomic mass is 9.71. The molecule has 3 unspecified atom stereocenters. The monoisotopic (exact) mass is 306 g/mol. The van der Waals surface area contributed by atoms with Crippen LogP contribution in [0, 0.1) is 11.8 Å². The highest BCUT2D eigenvalue weighted by Gasteiger charge is 2.41. The van der Waals surface area contributed by atoms with E-state index in [1.807, 2.05) is 0 Å². The average molecular weight is 307 g/mol. The van der Waals surface area contributed by atoms with Gasteiger partial charge in [0.1, 0.15) is 0 Å². The van der Waals surface area contributed by atoms with Crippen LogP contribution in [0.4, 0.5) is 11.4 Å². The van der Waals surface area contributed by atoms with E-state index in [1.54, 1.807) is 0 Å². The highest BCUT2D eigenvalue weighted by molar-refractivity contribution is 9.10. The summed E-state index contributed by atoms with van der Waals surface area (Å²) < 4.78 is 1.13. The minimum absolute atomic E-state index is 0.613. The van der Waals surface area contributed by atoms with Crippen molar-refractivity contribution in [3.05, 3.63) is 34.8 Å². The Balaban J connectivity index is 1.79. The van der Waals surface area contributed by atoms with Gasteiger partial charge in [-0.15, -0.1) is 0 Å². The molecule has 2 aliphatic rings. The maximum atomic E-state index is 3.72. The van der Waals surface area contributed by atoms with Gasteiger partial charge in [-0.1, -0.05) is 28.1 Å². The first-order valence-electron chi connectivity index (χ1n) is 6.55. The lowest BCUT2D eigenvalue weighted by Gasteiger charge is -2.41. The molecule has 0 aromatic heterocycles. The fourth-order valence-electron chi connectivity index (χ4n) is 3.10. The minimum atomic E-state index is 0.613. The van der Waals surface area contributed by atoms with Crippen LogP contribution in [0.1, 0.15) is 12.8 Å². The predicted octanol–water partition coefficient (Wildman–Crippen LogP) is 3.89. The van der Waals surface area contributed by atoms with Crippen molar-refractivity contribution < 1.29 is 0 Å². The molecule has 2 nitrogen and oxygen atoms in total. The van der Waals surface area contributed by atoms with Gasteiger partial charge in [-0.05, 0) is 37.0 Å². The van der Waals surface area contributed by atoms with Crippen molar-refractivity contribution in [2.45, 2.75) is 18.9 Å². The molecule has 1 fully saturated rings. The first kappa shape index (κ1) is 12.1. The molecule has 3 atom stereocenters. The summed E-state index contributed by atoms with van der Waals surface area (Å²) in [5.74, 6) is 1.65. The Morgan fingerprint density at radius 1 is 1.33 bits per heavy atom. The van der Waals surface area contributed by atoms with Crippen molar-refractivity contribution >= 4 is 27.3 Å². The van der Waals surface area contributed by atoms with Crippen molar-refractivity contribution in [3.63, 3.8) is 0 Å². The average Bonchev–Trinajstić information content (AvgIpc) is 2.67. The minimum Gasteiger partial charge on any atom is -0.380 e. The van der Waals surface area contributed by atoms with Crippen molar-refractivity contribution in [1.29, 1.82) is 0 Å². The second-order valence-electron chi connectivity index (χ2n) is 5.54. The van der Waals surface area contributed by atoms with Gasteiger partial charge in [0.05, 0.1) is 11.4 Å². The molecule has 18 heavy (non-hydrogen) atoms. The maximum absolute atomic E-state index is 3.72. The lowest BCUT2D eigenvalue weighted by Crippen LogP contribution is -2.43. The largest absolute Gasteiger partial charge is 0.380 e. The maximum Gasteiger partial charge on any atom is 0.0597 e. The quantitative estimate of drug-likeness (QED) is 0.852. The zero-order chi connectivity index (χ0) is 12.7. The summed E-state index contributed by atoms with van der Waals surface area (Å²) in [6.45, 7) is 0. The highest BCUT2D eigenvalue weighted by atomic mass is 79.9. The fourth-order valence-corrected chi connectivity index (χ4v) is 3.46. The van der Waals surface area contributed by atoms with E-state index in [0.717, 1.165) is 16.3 Å². The van der Waals surface area contributed by atoms with E-state index in [4.69, 9.17) is 0 Å². The molecule has 1 aromatic rings. The van der Waals surface area contributed by atoms with E-state index in [0.29, 0.717) is 6.04 Å². The molecule has 1 aromatic carbocycles. The summed E-state index contributed by atoms with van der Waals surface area (Å²) >= 11 is 3.56. The summed E-state index contributed by atoms with van der Waals surface area (Å²) in [4.78, 5) is 2.16. The van der Waals surface area contributed by atoms with Gasteiger partial charge in [-0.3, -0.25) is 0 Å². The first-order valence-corrected chi connectivity index (χ1v) is 7.34. The number of halogens is 1. The van der Waals surface area contributed by atoms with Crippen molar-refractivity contribution in [2.75, 3.05) is 24.3 Å². The Kier molecular flexibility index (Phi) is 3.10. The highest BCUT2D eigenvalue weighted by Crippen LogP contribution is 2.45. The first-order chi connectivity index (χ1) is 8.65. The Labute approximate surface area is 117 Å². The summed E-state index contributed by atoms with van der Waals surface area (Å²) in [5.41, 5.74) is 2.49. The molecule has 3 rings (SSSR count). The third kappa shape index (κ3) is 2.05. The number of nitrogens with zero attached hydrogens (tertiary/aromatic N) is 1. The van der Waals surface area contributed by atoms with E-state index in [9.17, 15) is 0 Å². The summed E-state index contributed by atoms with van der Waals surface area (Å²) in [7, 11) is 4.18. The molecule has 96 valence electrons. The zero-order valence-electron chi connectivity index (χ0n) is 10.9. The molecular weight excluding hydrogens is 288 g/mol. The summed E-state index contributed by atoms with van der Waals surface area (Å²) in [6, 6.07) is 7.05. The number of allylic oxidation sites excluding steroid dienone is 1. The second kappa shape index (κ2) is 4.61. The van der Waals surface area contributed by atoms with E-state index < -0.39 is 0 Å². The zero-order valence-corrected chi connectivity index (χ0v) is 12.4. The Morgan fingerprint density at radius 3 is 2.89 bits per heavy atom. The predicted molar refractivity (Wildman–Crippen MR) is 81.2 cm³/mol. The number of hydrogen-bond donors (Lipinski definition) is 1. The van der Waals surface area contributed by atoms with E-state index in [2.05, 4.69) is 70.6 Å². The van der Waals surface area contributed by atoms with Gasteiger partial charge in [0.25, 0.3) is 0 Å². The number of anilines is 2. The number of hydrogen-bond acceptors (Lipinski definition) is 2. The van der Waals surface area contributed by atoms with Crippen LogP contribution in [0.25, 0.3) is 0 Å². The van der Waals surface area contributed by atoms with Gasteiger partial charge >= 0.3 is 0 Å². The topological polar surface area (TPSA) is 15.3 Å². The number of rotatable bonds is 3. The normalized spacial score (nSPS) is 28.7. The Morgan fingerprint density at radius 2 is 2.17 bits per heavy atom. The number of nitrogens with one attached hydrogen (secondary N) is 1. The molecule has 1 N–H and O–H groups in total. The molecule has 0 spiro atoms. The third-order valence-electron chi connectivity index (χ3n) is 4.14. The van der Waals surface area contributed by atoms with Gasteiger partial charge < -0.3 is 10.2 Å². The van der Waals surface area contributed by atoms with Gasteiger partial charge in [-0.2, -0.15) is 0 Å². The van der Waals surface area contributed by atoms with Gasteiger partial charge in [0.2, 0.25) is 0 Å². The molecule has 1 saturated carbocycles. The molecule has 0 bridgehead atoms. The van der Waals surface area contributed by atoms with Crippen LogP contribution in [-0.2, 0) is 0 Å². The van der Waals surface area contributed by atoms with Crippen LogP contribution in [0.3, 0.4) is 0 Å². The van der Waals surface area contributed by atoms with Crippen molar-refractivity contribution in [2.24, 2.45) is 11.8 Å². The van der Waals surface area contributed by atoms with Gasteiger partial charge in [0, 0.05) is 30.5 Å². The van der Waals surface area contributed by atoms with Crippen LogP contribution in [0.5, 0.6) is 0 Å². The van der Waals surface area contributed by atoms with Crippen LogP contribution in [-0.4, -0.2) is 20.1 Å². The summed E-state index contributed by atoms with van der Waals surface area (Å²) in [5, 5.41) is 3.72. The smallest absolute Gasteiger partial charge is 0.0597 e. The molecule has 0 radical (unpaired) electrons. The molecule has 0 amide bonds. The van der Waals surface area contributed by atoms with Crippen LogP contribution >= 0.6 is 15.9 Å². The third-order valence-corrected chi connectivity index (χ3v) is 4.64. The van der Waals surface area contributed by atoms with E-state index >= 15 is 0 Å². The molecular formula is C15H19BrN2. The van der Waals surface area contributed by atoms with Crippen LogP contribution in [0.15, 0.2) is 34.8 Å². The lowest BCUT2D eigenvalue weighted by molar-refractivity contribution is 0.218. The molecule has 3 heteroatoms. The van der Waals surface area contributed by atoms with E-state index in [-0.39, 0.29) is 0 Å². The van der Waals surface area contributed by atoms with Gasteiger partial charge in [0.15, 0.2) is 0 Å². The summed E-state index contributed by atoms with van der Waals surface area (Å²) in [6.07, 6.45) is 7.31. The van der Waals surface area contributed by atoms with Gasteiger partial charge in [-0.25, -0.2) is 0 Å². The molecule has 0 saturated heterocycles. The Hall–Kier alpha value is -0.960. The van der Waals surface area contributed by atoms with Crippen molar-refractivity contribution in [1.82, 2.24) is 0 Å². The van der Waals surface area contributed by atoms with Crippen LogP contribution in [0.2, 0.25) is 0 Å². The Bertz CT molecular complexity index is 481. The molecule has 2 aliphatic carbocycles. The fraction of sp³-hybridized carbons (Fsp3) is 0.467. The van der Waals surface area contributed by atoms with Crippen molar-refractivity contribution in [3.8, 4) is 0 Å².